The van der Waals surface area contributed by atoms with Gasteiger partial charge in [-0.05, 0) is 50.6 Å². The van der Waals surface area contributed by atoms with E-state index in [0.29, 0.717) is 11.6 Å². The highest BCUT2D eigenvalue weighted by molar-refractivity contribution is 6.32. The number of nitrogens with one attached hydrogen (secondary N) is 1. The SMILES string of the molecule is Cc1cc(OC(C)C)ccc1NCc1cccc(Cl)c1O. The Balaban J connectivity index is 2.08. The number of anilines is 1. The average molecular weight is 306 g/mol. The predicted octanol–water partition coefficient (Wildman–Crippen LogP) is 4.75. The van der Waals surface area contributed by atoms with Crippen molar-refractivity contribution in [2.45, 2.75) is 33.4 Å². The van der Waals surface area contributed by atoms with Crippen molar-refractivity contribution in [1.82, 2.24) is 0 Å². The van der Waals surface area contributed by atoms with Gasteiger partial charge in [0.25, 0.3) is 0 Å². The summed E-state index contributed by atoms with van der Waals surface area (Å²) in [6, 6.07) is 11.3. The Hall–Kier alpha value is -1.87. The molecule has 2 aromatic carbocycles. The Kier molecular flexibility index (Phi) is 4.97. The van der Waals surface area contributed by atoms with E-state index >= 15 is 0 Å². The molecule has 2 N–H and O–H groups in total. The second-order valence-electron chi connectivity index (χ2n) is 5.24. The number of benzene rings is 2. The molecule has 0 aliphatic heterocycles. The fourth-order valence-corrected chi connectivity index (χ4v) is 2.27. The summed E-state index contributed by atoms with van der Waals surface area (Å²) < 4.78 is 5.66. The Morgan fingerprint density at radius 3 is 2.67 bits per heavy atom. The summed E-state index contributed by atoms with van der Waals surface area (Å²) in [7, 11) is 0. The Labute approximate surface area is 130 Å². The summed E-state index contributed by atoms with van der Waals surface area (Å²) in [6.45, 7) is 6.54. The minimum Gasteiger partial charge on any atom is -0.506 e. The first-order valence-electron chi connectivity index (χ1n) is 6.95. The molecule has 4 heteroatoms. The summed E-state index contributed by atoms with van der Waals surface area (Å²) in [5.41, 5.74) is 2.87. The molecule has 0 aliphatic rings. The van der Waals surface area contributed by atoms with Gasteiger partial charge in [-0.2, -0.15) is 0 Å². The number of hydrogen-bond donors (Lipinski definition) is 2. The number of aromatic hydroxyl groups is 1. The maximum Gasteiger partial charge on any atom is 0.139 e. The van der Waals surface area contributed by atoms with Crippen LogP contribution in [0.25, 0.3) is 0 Å². The molecule has 2 rings (SSSR count). The third kappa shape index (κ3) is 4.05. The largest absolute Gasteiger partial charge is 0.506 e. The molecular weight excluding hydrogens is 286 g/mol. The lowest BCUT2D eigenvalue weighted by molar-refractivity contribution is 0.242. The third-order valence-corrected chi connectivity index (χ3v) is 3.41. The number of para-hydroxylation sites is 1. The molecule has 112 valence electrons. The van der Waals surface area contributed by atoms with Crippen LogP contribution in [0.3, 0.4) is 0 Å². The number of phenolic OH excluding ortho intramolecular Hbond substituents is 1. The molecule has 0 fully saturated rings. The number of halogens is 1. The van der Waals surface area contributed by atoms with E-state index in [1.54, 1.807) is 6.07 Å². The molecule has 21 heavy (non-hydrogen) atoms. The predicted molar refractivity (Wildman–Crippen MR) is 87.4 cm³/mol. The highest BCUT2D eigenvalue weighted by atomic mass is 35.5. The summed E-state index contributed by atoms with van der Waals surface area (Å²) in [6.07, 6.45) is 0.159. The van der Waals surface area contributed by atoms with Crippen LogP contribution in [0.4, 0.5) is 5.69 Å². The molecule has 0 aromatic heterocycles. The van der Waals surface area contributed by atoms with E-state index < -0.39 is 0 Å². The standard InChI is InChI=1S/C17H20ClNO2/c1-11(2)21-14-7-8-16(12(3)9-14)19-10-13-5-4-6-15(18)17(13)20/h4-9,11,19-20H,10H2,1-3H3. The Bertz CT molecular complexity index is 626. The Morgan fingerprint density at radius 2 is 2.00 bits per heavy atom. The van der Waals surface area contributed by atoms with E-state index in [1.807, 2.05) is 51.1 Å². The van der Waals surface area contributed by atoms with Gasteiger partial charge in [0.15, 0.2) is 0 Å². The topological polar surface area (TPSA) is 41.5 Å². The van der Waals surface area contributed by atoms with Crippen LogP contribution in [0, 0.1) is 6.92 Å². The second-order valence-corrected chi connectivity index (χ2v) is 5.65. The van der Waals surface area contributed by atoms with Crippen molar-refractivity contribution >= 4 is 17.3 Å². The normalized spacial score (nSPS) is 10.7. The monoisotopic (exact) mass is 305 g/mol. The molecule has 0 bridgehead atoms. The lowest BCUT2D eigenvalue weighted by Crippen LogP contribution is -2.06. The van der Waals surface area contributed by atoms with Gasteiger partial charge in [-0.3, -0.25) is 0 Å². The van der Waals surface area contributed by atoms with E-state index in [2.05, 4.69) is 5.32 Å². The first kappa shape index (κ1) is 15.5. The molecule has 0 spiro atoms. The summed E-state index contributed by atoms with van der Waals surface area (Å²) >= 11 is 5.90. The van der Waals surface area contributed by atoms with Crippen LogP contribution in [0.5, 0.6) is 11.5 Å². The highest BCUT2D eigenvalue weighted by Crippen LogP contribution is 2.28. The number of phenols is 1. The van der Waals surface area contributed by atoms with Crippen molar-refractivity contribution in [1.29, 1.82) is 0 Å². The zero-order valence-corrected chi connectivity index (χ0v) is 13.2. The van der Waals surface area contributed by atoms with Crippen molar-refractivity contribution in [3.05, 3.63) is 52.5 Å². The summed E-state index contributed by atoms with van der Waals surface area (Å²) in [5, 5.41) is 13.6. The average Bonchev–Trinajstić information content (AvgIpc) is 2.41. The maximum atomic E-state index is 9.90. The van der Waals surface area contributed by atoms with Crippen molar-refractivity contribution in [2.75, 3.05) is 5.32 Å². The van der Waals surface area contributed by atoms with Gasteiger partial charge in [-0.1, -0.05) is 23.7 Å². The number of rotatable bonds is 5. The van der Waals surface area contributed by atoms with E-state index in [-0.39, 0.29) is 11.9 Å². The number of hydrogen-bond acceptors (Lipinski definition) is 3. The van der Waals surface area contributed by atoms with Crippen LogP contribution < -0.4 is 10.1 Å². The summed E-state index contributed by atoms with van der Waals surface area (Å²) in [5.74, 6) is 0.989. The molecule has 3 nitrogen and oxygen atoms in total. The second kappa shape index (κ2) is 6.72. The third-order valence-electron chi connectivity index (χ3n) is 3.11. The minimum absolute atomic E-state index is 0.129. The molecule has 2 aromatic rings. The molecular formula is C17H20ClNO2. The zero-order chi connectivity index (χ0) is 15.4. The van der Waals surface area contributed by atoms with Crippen LogP contribution in [0.1, 0.15) is 25.0 Å². The summed E-state index contributed by atoms with van der Waals surface area (Å²) in [4.78, 5) is 0. The maximum absolute atomic E-state index is 9.90. The Morgan fingerprint density at radius 1 is 1.24 bits per heavy atom. The molecule has 0 aliphatic carbocycles. The lowest BCUT2D eigenvalue weighted by Gasteiger charge is -2.14. The number of ether oxygens (including phenoxy) is 1. The quantitative estimate of drug-likeness (QED) is 0.837. The van der Waals surface area contributed by atoms with Gasteiger partial charge < -0.3 is 15.2 Å². The first-order valence-corrected chi connectivity index (χ1v) is 7.32. The van der Waals surface area contributed by atoms with Crippen LogP contribution in [0.15, 0.2) is 36.4 Å². The molecule has 0 heterocycles. The van der Waals surface area contributed by atoms with Crippen LogP contribution >= 0.6 is 11.6 Å². The van der Waals surface area contributed by atoms with Crippen LogP contribution in [-0.4, -0.2) is 11.2 Å². The van der Waals surface area contributed by atoms with E-state index in [0.717, 1.165) is 22.6 Å². The minimum atomic E-state index is 0.129. The fourth-order valence-electron chi connectivity index (χ4n) is 2.07. The fraction of sp³-hybridized carbons (Fsp3) is 0.294. The van der Waals surface area contributed by atoms with Gasteiger partial charge in [0.1, 0.15) is 11.5 Å². The first-order chi connectivity index (χ1) is 9.97. The van der Waals surface area contributed by atoms with Crippen molar-refractivity contribution in [2.24, 2.45) is 0 Å². The van der Waals surface area contributed by atoms with Crippen molar-refractivity contribution in [3.8, 4) is 11.5 Å². The zero-order valence-electron chi connectivity index (χ0n) is 12.5. The molecule has 0 radical (unpaired) electrons. The molecule has 0 amide bonds. The molecule has 0 saturated carbocycles. The van der Waals surface area contributed by atoms with E-state index in [1.165, 1.54) is 0 Å². The van der Waals surface area contributed by atoms with Gasteiger partial charge in [0.2, 0.25) is 0 Å². The smallest absolute Gasteiger partial charge is 0.139 e. The molecule has 0 atom stereocenters. The van der Waals surface area contributed by atoms with Gasteiger partial charge in [0, 0.05) is 17.8 Å². The van der Waals surface area contributed by atoms with Gasteiger partial charge >= 0.3 is 0 Å². The van der Waals surface area contributed by atoms with E-state index in [9.17, 15) is 5.11 Å². The van der Waals surface area contributed by atoms with Gasteiger partial charge in [-0.15, -0.1) is 0 Å². The van der Waals surface area contributed by atoms with Crippen molar-refractivity contribution < 1.29 is 9.84 Å². The van der Waals surface area contributed by atoms with Gasteiger partial charge in [0.05, 0.1) is 11.1 Å². The van der Waals surface area contributed by atoms with Crippen molar-refractivity contribution in [3.63, 3.8) is 0 Å². The van der Waals surface area contributed by atoms with Crippen LogP contribution in [0.2, 0.25) is 5.02 Å². The molecule has 0 unspecified atom stereocenters. The van der Waals surface area contributed by atoms with Crippen LogP contribution in [-0.2, 0) is 6.54 Å². The molecule has 0 saturated heterocycles. The van der Waals surface area contributed by atoms with Gasteiger partial charge in [-0.25, -0.2) is 0 Å². The number of aryl methyl sites for hydroxylation is 1. The highest BCUT2D eigenvalue weighted by Gasteiger charge is 2.06. The van der Waals surface area contributed by atoms with E-state index in [4.69, 9.17) is 16.3 Å². The lowest BCUT2D eigenvalue weighted by atomic mass is 10.1.